The molecule has 0 unspecified atom stereocenters. The Morgan fingerprint density at radius 2 is 1.22 bits per heavy atom. The summed E-state index contributed by atoms with van der Waals surface area (Å²) >= 11 is 0. The third-order valence-corrected chi connectivity index (χ3v) is 3.25. The van der Waals surface area contributed by atoms with Crippen molar-refractivity contribution in [2.75, 3.05) is 26.3 Å². The zero-order valence-corrected chi connectivity index (χ0v) is 11.7. The lowest BCUT2D eigenvalue weighted by Gasteiger charge is -2.34. The van der Waals surface area contributed by atoms with Crippen molar-refractivity contribution < 1.29 is 62.5 Å². The molecule has 15 heteroatoms. The molecule has 0 spiro atoms. The highest BCUT2D eigenvalue weighted by molar-refractivity contribution is 7.86. The van der Waals surface area contributed by atoms with Gasteiger partial charge in [0, 0.05) is 0 Å². The second-order valence-electron chi connectivity index (χ2n) is 4.10. The van der Waals surface area contributed by atoms with Crippen LogP contribution in [0.1, 0.15) is 0 Å². The van der Waals surface area contributed by atoms with Gasteiger partial charge in [0.25, 0.3) is 0 Å². The molecule has 1 saturated heterocycles. The van der Waals surface area contributed by atoms with Gasteiger partial charge in [-0.15, -0.1) is 0 Å². The number of hydrogen-bond donors (Lipinski definition) is 1. The molecule has 0 amide bonds. The highest BCUT2D eigenvalue weighted by Crippen LogP contribution is 2.54. The molecule has 1 aliphatic rings. The number of alkyl halides is 9. The van der Waals surface area contributed by atoms with Crippen molar-refractivity contribution >= 4 is 10.1 Å². The molecule has 23 heavy (non-hydrogen) atoms. The maximum Gasteiger partial charge on any atom is 0.460 e. The molecule has 1 rings (SSSR count). The Hall–Kier alpha value is -0.800. The number of halogens is 9. The van der Waals surface area contributed by atoms with E-state index in [2.05, 4.69) is 5.32 Å². The van der Waals surface area contributed by atoms with Gasteiger partial charge in [0.1, 0.15) is 0 Å². The van der Waals surface area contributed by atoms with Gasteiger partial charge in [-0.2, -0.15) is 39.5 Å². The van der Waals surface area contributed by atoms with Crippen LogP contribution in [-0.2, 0) is 14.9 Å². The SMILES string of the molecule is C1COCC[NH2+]1.O=S(=O)([O-])C(F)(F)C(F)(F)C(F)(F)C(F)(F)F. The molecular formula is C8H10F9NO4S. The van der Waals surface area contributed by atoms with E-state index < -0.39 is 33.4 Å². The van der Waals surface area contributed by atoms with Crippen LogP contribution in [0.25, 0.3) is 0 Å². The Morgan fingerprint density at radius 1 is 0.826 bits per heavy atom. The molecule has 0 aromatic heterocycles. The number of ether oxygens (including phenoxy) is 1. The lowest BCUT2D eigenvalue weighted by Crippen LogP contribution is -2.87. The first kappa shape index (κ1) is 22.2. The topological polar surface area (TPSA) is 83.0 Å². The highest BCUT2D eigenvalue weighted by atomic mass is 32.2. The molecule has 0 aliphatic carbocycles. The molecule has 0 bridgehead atoms. The molecule has 2 N–H and O–H groups in total. The standard InChI is InChI=1S/C4HF9O3S.C4H9NO/c5-1(6,3(9,10)11)2(7,8)4(12,13)17(14,15)16;1-3-6-4-2-5-1/h(H,14,15,16);5H,1-4H2. The van der Waals surface area contributed by atoms with E-state index in [4.69, 9.17) is 4.74 Å². The van der Waals surface area contributed by atoms with E-state index in [1.54, 1.807) is 0 Å². The lowest BCUT2D eigenvalue weighted by molar-refractivity contribution is -0.670. The summed E-state index contributed by atoms with van der Waals surface area (Å²) in [6.07, 6.45) is -7.16. The van der Waals surface area contributed by atoms with E-state index in [0.717, 1.165) is 26.3 Å². The lowest BCUT2D eigenvalue weighted by atomic mass is 10.1. The monoisotopic (exact) mass is 387 g/mol. The summed E-state index contributed by atoms with van der Waals surface area (Å²) in [4.78, 5) is 0. The van der Waals surface area contributed by atoms with Crippen LogP contribution in [-0.4, -0.2) is 62.5 Å². The van der Waals surface area contributed by atoms with Gasteiger partial charge < -0.3 is 14.6 Å². The largest absolute Gasteiger partial charge is 0.743 e. The van der Waals surface area contributed by atoms with Crippen molar-refractivity contribution in [2.45, 2.75) is 23.3 Å². The zero-order valence-electron chi connectivity index (χ0n) is 10.8. The van der Waals surface area contributed by atoms with Gasteiger partial charge in [-0.25, -0.2) is 8.42 Å². The van der Waals surface area contributed by atoms with Gasteiger partial charge in [-0.3, -0.25) is 0 Å². The van der Waals surface area contributed by atoms with Crippen LogP contribution in [0.5, 0.6) is 0 Å². The summed E-state index contributed by atoms with van der Waals surface area (Å²) < 4.78 is 140. The van der Waals surface area contributed by atoms with Crippen molar-refractivity contribution in [3.8, 4) is 0 Å². The third-order valence-electron chi connectivity index (χ3n) is 2.36. The predicted molar refractivity (Wildman–Crippen MR) is 53.1 cm³/mol. The summed E-state index contributed by atoms with van der Waals surface area (Å²) in [6, 6.07) is 0. The first-order valence-electron chi connectivity index (χ1n) is 5.55. The number of hydrogen-bond acceptors (Lipinski definition) is 4. The minimum Gasteiger partial charge on any atom is -0.743 e. The summed E-state index contributed by atoms with van der Waals surface area (Å²) in [7, 11) is -7.42. The normalized spacial score (nSPS) is 18.2. The second-order valence-corrected chi connectivity index (χ2v) is 5.52. The van der Waals surface area contributed by atoms with E-state index in [0.29, 0.717) is 0 Å². The fourth-order valence-corrected chi connectivity index (χ4v) is 1.54. The molecule has 0 aromatic carbocycles. The van der Waals surface area contributed by atoms with Crippen LogP contribution in [0.15, 0.2) is 0 Å². The van der Waals surface area contributed by atoms with Crippen LogP contribution in [0.4, 0.5) is 39.5 Å². The summed E-state index contributed by atoms with van der Waals surface area (Å²) in [5.41, 5.74) is 0. The Labute approximate surface area is 123 Å². The first-order chi connectivity index (χ1) is 10.0. The molecule has 0 atom stereocenters. The Balaban J connectivity index is 0.000000664. The smallest absolute Gasteiger partial charge is 0.460 e. The summed E-state index contributed by atoms with van der Waals surface area (Å²) in [6.45, 7) is 4.19. The minimum atomic E-state index is -7.43. The predicted octanol–water partition coefficient (Wildman–Crippen LogP) is 0.537. The van der Waals surface area contributed by atoms with Crippen LogP contribution < -0.4 is 5.32 Å². The molecule has 0 aromatic rings. The van der Waals surface area contributed by atoms with Crippen molar-refractivity contribution in [1.29, 1.82) is 0 Å². The van der Waals surface area contributed by atoms with Crippen molar-refractivity contribution in [3.63, 3.8) is 0 Å². The van der Waals surface area contributed by atoms with Crippen molar-refractivity contribution in [3.05, 3.63) is 0 Å². The number of nitrogens with two attached hydrogens (primary N) is 1. The summed E-state index contributed by atoms with van der Waals surface area (Å²) in [5, 5.41) is -4.84. The van der Waals surface area contributed by atoms with Crippen LogP contribution >= 0.6 is 0 Å². The van der Waals surface area contributed by atoms with Gasteiger partial charge in [0.2, 0.25) is 0 Å². The van der Waals surface area contributed by atoms with Gasteiger partial charge in [0.05, 0.1) is 26.3 Å². The van der Waals surface area contributed by atoms with Crippen molar-refractivity contribution in [2.24, 2.45) is 0 Å². The maximum atomic E-state index is 12.2. The fraction of sp³-hybridized carbons (Fsp3) is 1.00. The van der Waals surface area contributed by atoms with Gasteiger partial charge in [0.15, 0.2) is 10.1 Å². The zero-order chi connectivity index (χ0) is 18.7. The number of quaternary nitrogens is 1. The number of rotatable bonds is 3. The minimum absolute atomic E-state index is 0.944. The third kappa shape index (κ3) is 4.60. The van der Waals surface area contributed by atoms with Crippen LogP contribution in [0.2, 0.25) is 0 Å². The van der Waals surface area contributed by atoms with E-state index in [1.165, 1.54) is 0 Å². The molecule has 0 radical (unpaired) electrons. The molecule has 5 nitrogen and oxygen atoms in total. The molecule has 0 saturated carbocycles. The van der Waals surface area contributed by atoms with E-state index in [1.807, 2.05) is 0 Å². The van der Waals surface area contributed by atoms with E-state index in [-0.39, 0.29) is 0 Å². The quantitative estimate of drug-likeness (QED) is 0.566. The first-order valence-corrected chi connectivity index (χ1v) is 6.96. The van der Waals surface area contributed by atoms with Gasteiger partial charge >= 0.3 is 23.3 Å². The Morgan fingerprint density at radius 3 is 1.39 bits per heavy atom. The van der Waals surface area contributed by atoms with Crippen LogP contribution in [0.3, 0.4) is 0 Å². The van der Waals surface area contributed by atoms with Crippen molar-refractivity contribution in [1.82, 2.24) is 0 Å². The maximum absolute atomic E-state index is 12.2. The Kier molecular flexibility index (Phi) is 6.74. The average molecular weight is 387 g/mol. The molecular weight excluding hydrogens is 377 g/mol. The highest BCUT2D eigenvalue weighted by Gasteiger charge is 2.83. The van der Waals surface area contributed by atoms with E-state index >= 15 is 0 Å². The van der Waals surface area contributed by atoms with E-state index in [9.17, 15) is 52.5 Å². The van der Waals surface area contributed by atoms with Gasteiger partial charge in [-0.1, -0.05) is 0 Å². The average Bonchev–Trinajstić information content (AvgIpc) is 2.38. The fourth-order valence-electron chi connectivity index (χ4n) is 1.10. The van der Waals surface area contributed by atoms with Crippen LogP contribution in [0, 0.1) is 0 Å². The number of morpholine rings is 1. The molecule has 1 fully saturated rings. The second kappa shape index (κ2) is 6.98. The molecule has 1 aliphatic heterocycles. The Bertz CT molecular complexity index is 475. The molecule has 140 valence electrons. The summed E-state index contributed by atoms with van der Waals surface area (Å²) in [5.74, 6) is -14.8. The molecule has 1 heterocycles. The van der Waals surface area contributed by atoms with Gasteiger partial charge in [-0.05, 0) is 0 Å².